The van der Waals surface area contributed by atoms with Crippen molar-refractivity contribution in [1.29, 1.82) is 0 Å². The smallest absolute Gasteiger partial charge is 0.371 e. The predicted octanol–water partition coefficient (Wildman–Crippen LogP) is 8.37. The van der Waals surface area contributed by atoms with Crippen LogP contribution in [0.5, 0.6) is 0 Å². The van der Waals surface area contributed by atoms with Crippen LogP contribution in [-0.2, 0) is 15.7 Å². The third kappa shape index (κ3) is 5.90. The Kier molecular flexibility index (Phi) is 8.71. The topological polar surface area (TPSA) is 49.3 Å². The van der Waals surface area contributed by atoms with E-state index in [4.69, 9.17) is 0 Å². The van der Waals surface area contributed by atoms with Crippen LogP contribution in [0.25, 0.3) is 0 Å². The molecule has 0 aliphatic rings. The fraction of sp³-hybridized carbons (Fsp3) is 0.143. The van der Waals surface area contributed by atoms with Gasteiger partial charge in [0.05, 0.1) is 5.54 Å². The van der Waals surface area contributed by atoms with Gasteiger partial charge in [0.1, 0.15) is 7.14 Å². The van der Waals surface area contributed by atoms with E-state index in [9.17, 15) is 31.4 Å². The van der Waals surface area contributed by atoms with E-state index in [1.54, 1.807) is 97.1 Å². The Morgan fingerprint density at radius 1 is 0.556 bits per heavy atom. The third-order valence-corrected chi connectivity index (χ3v) is 11.0. The largest absolute Gasteiger partial charge is 0.430 e. The van der Waals surface area contributed by atoms with Crippen LogP contribution in [0.1, 0.15) is 16.7 Å². The zero-order chi connectivity index (χ0) is 32.3. The molecule has 45 heavy (non-hydrogen) atoms. The molecule has 5 aromatic carbocycles. The van der Waals surface area contributed by atoms with Crippen LogP contribution in [0, 0.1) is 0 Å². The first kappa shape index (κ1) is 32.1. The molecule has 5 aromatic rings. The summed E-state index contributed by atoms with van der Waals surface area (Å²) in [6, 6.07) is 37.5. The van der Waals surface area contributed by atoms with Gasteiger partial charge in [0.2, 0.25) is 0 Å². The molecule has 0 amide bonds. The minimum Gasteiger partial charge on any atom is -0.371 e. The molecule has 0 fully saturated rings. The number of nitrogens with one attached hydrogen (secondary N) is 1. The average Bonchev–Trinajstić information content (AvgIpc) is 3.04. The van der Waals surface area contributed by atoms with E-state index in [1.165, 1.54) is 30.3 Å². The lowest BCUT2D eigenvalue weighted by Crippen LogP contribution is -2.56. The molecule has 232 valence electrons. The summed E-state index contributed by atoms with van der Waals surface area (Å²) < 4.78 is 102. The molecule has 0 heterocycles. The van der Waals surface area contributed by atoms with Crippen LogP contribution in [-0.4, -0.2) is 23.6 Å². The number of anilines is 1. The highest BCUT2D eigenvalue weighted by molar-refractivity contribution is 7.78. The van der Waals surface area contributed by atoms with E-state index >= 15 is 4.57 Å². The minimum absolute atomic E-state index is 0.0234. The molecule has 0 aliphatic carbocycles. The van der Waals surface area contributed by atoms with E-state index in [2.05, 4.69) is 5.32 Å². The van der Waals surface area contributed by atoms with Gasteiger partial charge in [0.25, 0.3) is 5.60 Å². The lowest BCUT2D eigenvalue weighted by Gasteiger charge is -2.41. The molecule has 0 radical (unpaired) electrons. The SMILES string of the molecule is O=P(CC(Nc1ccccc1)(c1ccccc1)c1ccccc1)(c1ccccc1)c1ccccc1C(O)(C(F)(F)F)C(F)(F)F. The van der Waals surface area contributed by atoms with Crippen LogP contribution in [0.2, 0.25) is 0 Å². The van der Waals surface area contributed by atoms with Crippen molar-refractivity contribution in [3.8, 4) is 0 Å². The van der Waals surface area contributed by atoms with Crippen molar-refractivity contribution in [2.24, 2.45) is 0 Å². The summed E-state index contributed by atoms with van der Waals surface area (Å²) >= 11 is 0. The highest BCUT2D eigenvalue weighted by Gasteiger charge is 2.72. The van der Waals surface area contributed by atoms with Gasteiger partial charge < -0.3 is 15.0 Å². The Morgan fingerprint density at radius 2 is 0.956 bits per heavy atom. The van der Waals surface area contributed by atoms with Crippen molar-refractivity contribution < 1.29 is 36.0 Å². The number of alkyl halides is 6. The second-order valence-corrected chi connectivity index (χ2v) is 13.4. The van der Waals surface area contributed by atoms with E-state index in [-0.39, 0.29) is 5.30 Å². The summed E-state index contributed by atoms with van der Waals surface area (Å²) in [5, 5.41) is 13.4. The number of para-hydroxylation sites is 1. The lowest BCUT2D eigenvalue weighted by atomic mass is 9.84. The molecule has 0 spiro atoms. The van der Waals surface area contributed by atoms with Gasteiger partial charge >= 0.3 is 12.4 Å². The first-order valence-corrected chi connectivity index (χ1v) is 15.8. The van der Waals surface area contributed by atoms with E-state index in [0.717, 1.165) is 12.1 Å². The highest BCUT2D eigenvalue weighted by Crippen LogP contribution is 2.56. The third-order valence-electron chi connectivity index (χ3n) is 7.80. The van der Waals surface area contributed by atoms with Gasteiger partial charge in [0, 0.05) is 28.0 Å². The fourth-order valence-corrected chi connectivity index (χ4v) is 8.97. The second-order valence-electron chi connectivity index (χ2n) is 10.6. The molecule has 0 aromatic heterocycles. The summed E-state index contributed by atoms with van der Waals surface area (Å²) in [5.74, 6) is 0. The molecule has 5 rings (SSSR count). The molecule has 1 atom stereocenters. The van der Waals surface area contributed by atoms with Crippen LogP contribution in [0.3, 0.4) is 0 Å². The molecule has 1 unspecified atom stereocenters. The van der Waals surface area contributed by atoms with Gasteiger partial charge in [-0.2, -0.15) is 26.3 Å². The van der Waals surface area contributed by atoms with Crippen molar-refractivity contribution in [3.63, 3.8) is 0 Å². The quantitative estimate of drug-likeness (QED) is 0.126. The molecule has 0 bridgehead atoms. The molecule has 3 nitrogen and oxygen atoms in total. The maximum absolute atomic E-state index is 15.8. The Morgan fingerprint density at radius 3 is 1.42 bits per heavy atom. The van der Waals surface area contributed by atoms with Gasteiger partial charge in [-0.3, -0.25) is 0 Å². The zero-order valence-electron chi connectivity index (χ0n) is 23.6. The summed E-state index contributed by atoms with van der Waals surface area (Å²) in [5.41, 5.74) is -6.58. The average molecular weight is 640 g/mol. The molecule has 2 N–H and O–H groups in total. The zero-order valence-corrected chi connectivity index (χ0v) is 24.5. The van der Waals surface area contributed by atoms with E-state index < -0.39 is 47.7 Å². The van der Waals surface area contributed by atoms with Gasteiger partial charge in [-0.05, 0) is 23.3 Å². The second kappa shape index (κ2) is 12.2. The van der Waals surface area contributed by atoms with Gasteiger partial charge in [-0.25, -0.2) is 0 Å². The van der Waals surface area contributed by atoms with Crippen LogP contribution in [0.15, 0.2) is 146 Å². The van der Waals surface area contributed by atoms with Crippen molar-refractivity contribution in [3.05, 3.63) is 162 Å². The lowest BCUT2D eigenvalue weighted by molar-refractivity contribution is -0.375. The Bertz CT molecular complexity index is 1710. The Hall–Kier alpha value is -4.33. The maximum Gasteiger partial charge on any atom is 0.430 e. The van der Waals surface area contributed by atoms with E-state index in [1.807, 2.05) is 0 Å². The van der Waals surface area contributed by atoms with Crippen LogP contribution in [0.4, 0.5) is 32.0 Å². The van der Waals surface area contributed by atoms with Crippen LogP contribution < -0.4 is 15.9 Å². The summed E-state index contributed by atoms with van der Waals surface area (Å²) in [4.78, 5) is 0. The molecule has 10 heteroatoms. The van der Waals surface area contributed by atoms with Gasteiger partial charge in [-0.1, -0.05) is 133 Å². The maximum atomic E-state index is 15.8. The minimum atomic E-state index is -6.18. The highest BCUT2D eigenvalue weighted by atomic mass is 31.2. The predicted molar refractivity (Wildman–Crippen MR) is 164 cm³/mol. The summed E-state index contributed by atoms with van der Waals surface area (Å²) in [6.07, 6.45) is -12.8. The molecule has 0 aliphatic heterocycles. The van der Waals surface area contributed by atoms with Crippen molar-refractivity contribution in [1.82, 2.24) is 0 Å². The number of halogens is 6. The first-order valence-electron chi connectivity index (χ1n) is 13.9. The van der Waals surface area contributed by atoms with Crippen molar-refractivity contribution in [2.75, 3.05) is 11.5 Å². The van der Waals surface area contributed by atoms with Gasteiger partial charge in [0.15, 0.2) is 0 Å². The normalized spacial score (nSPS) is 14.0. The molecular weight excluding hydrogens is 611 g/mol. The number of hydrogen-bond acceptors (Lipinski definition) is 3. The van der Waals surface area contributed by atoms with Crippen molar-refractivity contribution >= 4 is 23.4 Å². The fourth-order valence-electron chi connectivity index (χ4n) is 5.63. The standard InChI is InChI=1S/C35H28F6NO2P/c36-34(37,38)33(43,35(39,40)41)30-23-13-14-24-31(30)45(44,29-21-11-4-12-22-29)25-32(26-15-5-1-6-16-26,27-17-7-2-8-18-27)42-28-19-9-3-10-20-28/h1-24,42-43H,25H2. The number of rotatable bonds is 9. The first-order chi connectivity index (χ1) is 21.3. The molecule has 0 saturated carbocycles. The monoisotopic (exact) mass is 639 g/mol. The van der Waals surface area contributed by atoms with Gasteiger partial charge in [-0.15, -0.1) is 0 Å². The van der Waals surface area contributed by atoms with Crippen molar-refractivity contribution in [2.45, 2.75) is 23.5 Å². The number of benzene rings is 5. The summed E-state index contributed by atoms with van der Waals surface area (Å²) in [6.45, 7) is 0. The Labute approximate surface area is 256 Å². The Balaban J connectivity index is 1.88. The number of aliphatic hydroxyl groups is 1. The van der Waals surface area contributed by atoms with E-state index in [0.29, 0.717) is 22.9 Å². The van der Waals surface area contributed by atoms with Crippen LogP contribution >= 0.6 is 7.14 Å². The number of hydrogen-bond donors (Lipinski definition) is 2. The molecular formula is C35H28F6NO2P. The summed E-state index contributed by atoms with van der Waals surface area (Å²) in [7, 11) is -4.51. The molecule has 0 saturated heterocycles.